The predicted molar refractivity (Wildman–Crippen MR) is 84.4 cm³/mol. The third-order valence-corrected chi connectivity index (χ3v) is 3.94. The molecule has 0 saturated carbocycles. The lowest BCUT2D eigenvalue weighted by atomic mass is 10.2. The molecule has 0 radical (unpaired) electrons. The fourth-order valence-corrected chi connectivity index (χ4v) is 2.88. The molecule has 4 nitrogen and oxygen atoms in total. The van der Waals surface area contributed by atoms with E-state index < -0.39 is 0 Å². The highest BCUT2D eigenvalue weighted by molar-refractivity contribution is 6.31. The minimum absolute atomic E-state index is 0.103. The lowest BCUT2D eigenvalue weighted by molar-refractivity contribution is -0.144. The Morgan fingerprint density at radius 2 is 1.95 bits per heavy atom. The molecule has 1 aromatic carbocycles. The molecule has 0 N–H and O–H groups in total. The Morgan fingerprint density at radius 1 is 1.33 bits per heavy atom. The van der Waals surface area contributed by atoms with Crippen LogP contribution >= 0.6 is 11.6 Å². The summed E-state index contributed by atoms with van der Waals surface area (Å²) in [5, 5.41) is 0.741. The monoisotopic (exact) mass is 310 g/mol. The number of hydrogen-bond acceptors (Lipinski definition) is 3. The van der Waals surface area contributed by atoms with Crippen molar-refractivity contribution in [3.05, 3.63) is 34.9 Å². The number of ether oxygens (including phenoxy) is 1. The maximum absolute atomic E-state index is 12.4. The first-order chi connectivity index (χ1) is 9.95. The standard InChI is InChI=1S/C16H23ClN2O2/c1-12-8-19(9-13(2)21-12)16(20)11-18(3)10-14-6-4-5-7-15(14)17/h4-7,12-13H,8-11H2,1-3H3. The fraction of sp³-hybridized carbons (Fsp3) is 0.562. The molecule has 2 unspecified atom stereocenters. The van der Waals surface area contributed by atoms with Crippen molar-refractivity contribution in [2.75, 3.05) is 26.7 Å². The van der Waals surface area contributed by atoms with Crippen LogP contribution in [0.1, 0.15) is 19.4 Å². The summed E-state index contributed by atoms with van der Waals surface area (Å²) >= 11 is 6.15. The number of morpholine rings is 1. The Bertz CT molecular complexity index is 485. The SMILES string of the molecule is CC1CN(C(=O)CN(C)Cc2ccccc2Cl)CC(C)O1. The first-order valence-electron chi connectivity index (χ1n) is 7.31. The Labute approximate surface area is 131 Å². The largest absolute Gasteiger partial charge is 0.372 e. The number of carbonyl (C=O) groups is 1. The quantitative estimate of drug-likeness (QED) is 0.856. The van der Waals surface area contributed by atoms with Crippen molar-refractivity contribution in [3.63, 3.8) is 0 Å². The second-order valence-electron chi connectivity index (χ2n) is 5.82. The molecule has 116 valence electrons. The molecule has 1 aromatic rings. The Morgan fingerprint density at radius 3 is 2.57 bits per heavy atom. The van der Waals surface area contributed by atoms with Crippen molar-refractivity contribution in [1.29, 1.82) is 0 Å². The van der Waals surface area contributed by atoms with E-state index in [1.165, 1.54) is 0 Å². The number of likely N-dealkylation sites (N-methyl/N-ethyl adjacent to an activating group) is 1. The lowest BCUT2D eigenvalue weighted by Crippen LogP contribution is -2.50. The molecule has 21 heavy (non-hydrogen) atoms. The number of amides is 1. The zero-order valence-corrected chi connectivity index (χ0v) is 13.6. The molecule has 1 aliphatic heterocycles. The van der Waals surface area contributed by atoms with Gasteiger partial charge in [0.25, 0.3) is 0 Å². The molecule has 1 aliphatic rings. The second-order valence-corrected chi connectivity index (χ2v) is 6.23. The third kappa shape index (κ3) is 4.70. The highest BCUT2D eigenvalue weighted by Gasteiger charge is 2.26. The van der Waals surface area contributed by atoms with Gasteiger partial charge in [-0.25, -0.2) is 0 Å². The molecule has 0 aliphatic carbocycles. The van der Waals surface area contributed by atoms with Gasteiger partial charge in [-0.05, 0) is 32.5 Å². The van der Waals surface area contributed by atoms with Gasteiger partial charge >= 0.3 is 0 Å². The zero-order valence-electron chi connectivity index (χ0n) is 12.9. The minimum atomic E-state index is 0.103. The molecule has 1 fully saturated rings. The summed E-state index contributed by atoms with van der Waals surface area (Å²) < 4.78 is 5.66. The minimum Gasteiger partial charge on any atom is -0.372 e. The molecule has 0 aromatic heterocycles. The third-order valence-electron chi connectivity index (χ3n) is 3.58. The maximum Gasteiger partial charge on any atom is 0.236 e. The van der Waals surface area contributed by atoms with Gasteiger partial charge in [-0.2, -0.15) is 0 Å². The van der Waals surface area contributed by atoms with E-state index in [4.69, 9.17) is 16.3 Å². The summed E-state index contributed by atoms with van der Waals surface area (Å²) in [6.45, 7) is 6.41. The predicted octanol–water partition coefficient (Wildman–Crippen LogP) is 2.41. The first-order valence-corrected chi connectivity index (χ1v) is 7.68. The molecular weight excluding hydrogens is 288 g/mol. The second kappa shape index (κ2) is 7.25. The van der Waals surface area contributed by atoms with Gasteiger partial charge in [-0.1, -0.05) is 29.8 Å². The van der Waals surface area contributed by atoms with Crippen LogP contribution in [0, 0.1) is 0 Å². The summed E-state index contributed by atoms with van der Waals surface area (Å²) in [5.74, 6) is 0.145. The van der Waals surface area contributed by atoms with Gasteiger partial charge in [-0.3, -0.25) is 9.69 Å². The van der Waals surface area contributed by atoms with E-state index >= 15 is 0 Å². The Hall–Kier alpha value is -1.10. The van der Waals surface area contributed by atoms with E-state index in [9.17, 15) is 4.79 Å². The highest BCUT2D eigenvalue weighted by atomic mass is 35.5. The van der Waals surface area contributed by atoms with E-state index in [1.54, 1.807) is 0 Å². The van der Waals surface area contributed by atoms with Gasteiger partial charge in [-0.15, -0.1) is 0 Å². The topological polar surface area (TPSA) is 32.8 Å². The van der Waals surface area contributed by atoms with Crippen LogP contribution in [0.2, 0.25) is 5.02 Å². The molecule has 2 atom stereocenters. The average molecular weight is 311 g/mol. The van der Waals surface area contributed by atoms with Gasteiger partial charge in [0.15, 0.2) is 0 Å². The molecule has 1 heterocycles. The Kier molecular flexibility index (Phi) is 5.62. The summed E-state index contributed by atoms with van der Waals surface area (Å²) in [4.78, 5) is 16.3. The van der Waals surface area contributed by atoms with Crippen LogP contribution in [0.5, 0.6) is 0 Å². The normalized spacial score (nSPS) is 22.6. The van der Waals surface area contributed by atoms with Crippen molar-refractivity contribution in [2.24, 2.45) is 0 Å². The molecule has 0 bridgehead atoms. The van der Waals surface area contributed by atoms with Crippen LogP contribution in [-0.2, 0) is 16.1 Å². The van der Waals surface area contributed by atoms with Crippen LogP contribution in [0.15, 0.2) is 24.3 Å². The van der Waals surface area contributed by atoms with E-state index in [0.29, 0.717) is 26.2 Å². The number of rotatable bonds is 4. The van der Waals surface area contributed by atoms with Gasteiger partial charge in [0.05, 0.1) is 18.8 Å². The van der Waals surface area contributed by atoms with E-state index in [2.05, 4.69) is 0 Å². The number of hydrogen-bond donors (Lipinski definition) is 0. The zero-order chi connectivity index (χ0) is 15.4. The average Bonchev–Trinajstić information content (AvgIpc) is 2.40. The van der Waals surface area contributed by atoms with Crippen molar-refractivity contribution in [3.8, 4) is 0 Å². The number of carbonyl (C=O) groups excluding carboxylic acids is 1. The summed E-state index contributed by atoms with van der Waals surface area (Å²) in [6, 6.07) is 7.73. The Balaban J connectivity index is 1.89. The first kappa shape index (κ1) is 16.3. The van der Waals surface area contributed by atoms with Crippen molar-refractivity contribution >= 4 is 17.5 Å². The van der Waals surface area contributed by atoms with Crippen LogP contribution in [-0.4, -0.2) is 54.6 Å². The van der Waals surface area contributed by atoms with Gasteiger partial charge in [0, 0.05) is 24.7 Å². The molecule has 2 rings (SSSR count). The summed E-state index contributed by atoms with van der Waals surface area (Å²) in [7, 11) is 1.94. The van der Waals surface area contributed by atoms with Crippen LogP contribution in [0.25, 0.3) is 0 Å². The van der Waals surface area contributed by atoms with E-state index in [1.807, 2.05) is 55.0 Å². The van der Waals surface area contributed by atoms with E-state index in [-0.39, 0.29) is 18.1 Å². The summed E-state index contributed by atoms with van der Waals surface area (Å²) in [5.41, 5.74) is 1.04. The summed E-state index contributed by atoms with van der Waals surface area (Å²) in [6.07, 6.45) is 0.207. The molecule has 0 spiro atoms. The van der Waals surface area contributed by atoms with Crippen LogP contribution < -0.4 is 0 Å². The molecular formula is C16H23ClN2O2. The van der Waals surface area contributed by atoms with Gasteiger partial charge in [0.1, 0.15) is 0 Å². The molecule has 1 amide bonds. The van der Waals surface area contributed by atoms with Crippen molar-refractivity contribution in [1.82, 2.24) is 9.80 Å². The van der Waals surface area contributed by atoms with Crippen molar-refractivity contribution < 1.29 is 9.53 Å². The van der Waals surface area contributed by atoms with Crippen molar-refractivity contribution in [2.45, 2.75) is 32.6 Å². The number of benzene rings is 1. The smallest absolute Gasteiger partial charge is 0.236 e. The van der Waals surface area contributed by atoms with Gasteiger partial charge in [0.2, 0.25) is 5.91 Å². The van der Waals surface area contributed by atoms with Gasteiger partial charge < -0.3 is 9.64 Å². The highest BCUT2D eigenvalue weighted by Crippen LogP contribution is 2.17. The van der Waals surface area contributed by atoms with Crippen LogP contribution in [0.3, 0.4) is 0 Å². The fourth-order valence-electron chi connectivity index (χ4n) is 2.69. The molecule has 5 heteroatoms. The van der Waals surface area contributed by atoms with Crippen LogP contribution in [0.4, 0.5) is 0 Å². The van der Waals surface area contributed by atoms with E-state index in [0.717, 1.165) is 10.6 Å². The molecule has 1 saturated heterocycles. The lowest BCUT2D eigenvalue weighted by Gasteiger charge is -2.36. The number of halogens is 1. The maximum atomic E-state index is 12.4. The number of nitrogens with zero attached hydrogens (tertiary/aromatic N) is 2.